The highest BCUT2D eigenvalue weighted by atomic mass is 16.5. The van der Waals surface area contributed by atoms with Gasteiger partial charge in [0.15, 0.2) is 5.82 Å². The van der Waals surface area contributed by atoms with Gasteiger partial charge in [0, 0.05) is 45.1 Å². The van der Waals surface area contributed by atoms with Crippen LogP contribution in [-0.4, -0.2) is 68.3 Å². The second-order valence-corrected chi connectivity index (χ2v) is 9.12. The Labute approximate surface area is 195 Å². The first-order valence-corrected chi connectivity index (χ1v) is 12.1. The van der Waals surface area contributed by atoms with Crippen molar-refractivity contribution in [2.24, 2.45) is 0 Å². The van der Waals surface area contributed by atoms with Crippen LogP contribution >= 0.6 is 0 Å². The van der Waals surface area contributed by atoms with E-state index in [-0.39, 0.29) is 6.04 Å². The third kappa shape index (κ3) is 5.07. The van der Waals surface area contributed by atoms with E-state index in [0.29, 0.717) is 6.04 Å². The molecule has 3 aromatic rings. The molecule has 1 unspecified atom stereocenters. The topological polar surface area (TPSA) is 72.2 Å². The number of hydrogen-bond donors (Lipinski definition) is 0. The molecule has 0 radical (unpaired) electrons. The molecule has 3 heterocycles. The van der Waals surface area contributed by atoms with Crippen LogP contribution in [0.3, 0.4) is 0 Å². The second-order valence-electron chi connectivity index (χ2n) is 9.12. The third-order valence-corrected chi connectivity index (χ3v) is 7.04. The normalized spacial score (nSPS) is 19.4. The van der Waals surface area contributed by atoms with Crippen molar-refractivity contribution < 1.29 is 4.74 Å². The fraction of sp³-hybridized carbons (Fsp3) is 0.520. The third-order valence-electron chi connectivity index (χ3n) is 7.04. The van der Waals surface area contributed by atoms with E-state index in [9.17, 15) is 0 Å². The fourth-order valence-corrected chi connectivity index (χ4v) is 5.20. The molecule has 1 saturated carbocycles. The Morgan fingerprint density at radius 1 is 0.939 bits per heavy atom. The molecule has 1 saturated heterocycles. The molecule has 2 aromatic heterocycles. The number of methoxy groups -OCH3 is 1. The van der Waals surface area contributed by atoms with E-state index in [2.05, 4.69) is 59.3 Å². The van der Waals surface area contributed by atoms with Gasteiger partial charge in [-0.1, -0.05) is 31.4 Å². The van der Waals surface area contributed by atoms with Crippen molar-refractivity contribution in [1.29, 1.82) is 0 Å². The van der Waals surface area contributed by atoms with Crippen molar-refractivity contribution in [3.8, 4) is 5.75 Å². The van der Waals surface area contributed by atoms with E-state index < -0.39 is 0 Å². The lowest BCUT2D eigenvalue weighted by Crippen LogP contribution is -2.48. The molecule has 1 aliphatic heterocycles. The van der Waals surface area contributed by atoms with E-state index in [4.69, 9.17) is 4.74 Å². The van der Waals surface area contributed by atoms with E-state index in [1.807, 2.05) is 24.5 Å². The maximum Gasteiger partial charge on any atom is 0.173 e. The van der Waals surface area contributed by atoms with Crippen molar-refractivity contribution in [3.05, 3.63) is 65.7 Å². The van der Waals surface area contributed by atoms with Crippen molar-refractivity contribution in [2.45, 2.75) is 50.7 Å². The Balaban J connectivity index is 1.38. The van der Waals surface area contributed by atoms with Gasteiger partial charge in [0.05, 0.1) is 19.2 Å². The summed E-state index contributed by atoms with van der Waals surface area (Å²) in [5.74, 6) is 1.83. The molecule has 0 N–H and O–H groups in total. The summed E-state index contributed by atoms with van der Waals surface area (Å²) in [5, 5.41) is 13.2. The average molecular weight is 448 g/mol. The van der Waals surface area contributed by atoms with E-state index in [1.54, 1.807) is 7.11 Å². The zero-order chi connectivity index (χ0) is 22.5. The second kappa shape index (κ2) is 10.4. The molecule has 0 amide bonds. The number of piperazine rings is 1. The van der Waals surface area contributed by atoms with Gasteiger partial charge in [0.1, 0.15) is 5.75 Å². The Kier molecular flexibility index (Phi) is 6.92. The van der Waals surface area contributed by atoms with Crippen LogP contribution in [0.5, 0.6) is 5.75 Å². The number of aromatic nitrogens is 5. The SMILES string of the molecule is COc1ccc(C(c2nnnn2C2CCCCC2)N2CCN(Cc3ccncc3)CC2)cc1. The number of tetrazole rings is 1. The summed E-state index contributed by atoms with van der Waals surface area (Å²) in [5.41, 5.74) is 2.52. The minimum Gasteiger partial charge on any atom is -0.497 e. The predicted octanol–water partition coefficient (Wildman–Crippen LogP) is 3.49. The number of ether oxygens (including phenoxy) is 1. The molecule has 1 atom stereocenters. The van der Waals surface area contributed by atoms with Crippen molar-refractivity contribution in [1.82, 2.24) is 35.0 Å². The first-order valence-electron chi connectivity index (χ1n) is 12.1. The molecule has 8 nitrogen and oxygen atoms in total. The number of rotatable bonds is 7. The summed E-state index contributed by atoms with van der Waals surface area (Å²) in [4.78, 5) is 9.19. The van der Waals surface area contributed by atoms with Crippen LogP contribution in [0.2, 0.25) is 0 Å². The molecular weight excluding hydrogens is 414 g/mol. The lowest BCUT2D eigenvalue weighted by molar-refractivity contribution is 0.0986. The Morgan fingerprint density at radius 2 is 1.67 bits per heavy atom. The highest BCUT2D eigenvalue weighted by molar-refractivity contribution is 5.32. The molecule has 0 spiro atoms. The Bertz CT molecular complexity index is 993. The van der Waals surface area contributed by atoms with Crippen LogP contribution in [0, 0.1) is 0 Å². The van der Waals surface area contributed by atoms with Crippen molar-refractivity contribution in [2.75, 3.05) is 33.3 Å². The summed E-state index contributed by atoms with van der Waals surface area (Å²) in [6.07, 6.45) is 9.89. The first kappa shape index (κ1) is 22.0. The number of benzene rings is 1. The van der Waals surface area contributed by atoms with Crippen LogP contribution in [0.4, 0.5) is 0 Å². The molecule has 5 rings (SSSR count). The van der Waals surface area contributed by atoms with Gasteiger partial charge in [-0.05, 0) is 58.7 Å². The van der Waals surface area contributed by atoms with Gasteiger partial charge in [0.2, 0.25) is 0 Å². The minimum atomic E-state index is 0.0379. The van der Waals surface area contributed by atoms with Gasteiger partial charge < -0.3 is 4.74 Å². The molecule has 1 aromatic carbocycles. The Morgan fingerprint density at radius 3 is 2.36 bits per heavy atom. The maximum absolute atomic E-state index is 5.40. The lowest BCUT2D eigenvalue weighted by atomic mass is 9.95. The first-order chi connectivity index (χ1) is 16.3. The van der Waals surface area contributed by atoms with Gasteiger partial charge in [-0.3, -0.25) is 14.8 Å². The highest BCUT2D eigenvalue weighted by Gasteiger charge is 2.32. The zero-order valence-corrected chi connectivity index (χ0v) is 19.4. The van der Waals surface area contributed by atoms with Gasteiger partial charge in [-0.25, -0.2) is 4.68 Å². The van der Waals surface area contributed by atoms with Crippen LogP contribution in [0.25, 0.3) is 0 Å². The van der Waals surface area contributed by atoms with E-state index >= 15 is 0 Å². The summed E-state index contributed by atoms with van der Waals surface area (Å²) >= 11 is 0. The molecule has 2 aliphatic rings. The van der Waals surface area contributed by atoms with Crippen LogP contribution in [0.1, 0.15) is 61.1 Å². The van der Waals surface area contributed by atoms with E-state index in [1.165, 1.54) is 30.4 Å². The van der Waals surface area contributed by atoms with Gasteiger partial charge in [-0.15, -0.1) is 5.10 Å². The largest absolute Gasteiger partial charge is 0.497 e. The van der Waals surface area contributed by atoms with Crippen LogP contribution in [0.15, 0.2) is 48.8 Å². The van der Waals surface area contributed by atoms with Gasteiger partial charge in [0.25, 0.3) is 0 Å². The number of nitrogens with zero attached hydrogens (tertiary/aromatic N) is 7. The Hall–Kier alpha value is -2.84. The van der Waals surface area contributed by atoms with Crippen LogP contribution in [-0.2, 0) is 6.54 Å². The van der Waals surface area contributed by atoms with Gasteiger partial charge in [-0.2, -0.15) is 0 Å². The molecule has 8 heteroatoms. The quantitative estimate of drug-likeness (QED) is 0.549. The average Bonchev–Trinajstić information content (AvgIpc) is 3.36. The van der Waals surface area contributed by atoms with E-state index in [0.717, 1.165) is 57.1 Å². The smallest absolute Gasteiger partial charge is 0.173 e. The van der Waals surface area contributed by atoms with Crippen molar-refractivity contribution >= 4 is 0 Å². The predicted molar refractivity (Wildman–Crippen MR) is 126 cm³/mol. The number of pyridine rings is 1. The molecular formula is C25H33N7O. The standard InChI is InChI=1S/C25H33N7O/c1-33-23-9-7-21(8-10-23)24(25-27-28-29-32(25)22-5-3-2-4-6-22)31-17-15-30(16-18-31)19-20-11-13-26-14-12-20/h7-14,22,24H,2-6,15-19H2,1H3. The fourth-order valence-electron chi connectivity index (χ4n) is 5.20. The van der Waals surface area contributed by atoms with Gasteiger partial charge >= 0.3 is 0 Å². The summed E-state index contributed by atoms with van der Waals surface area (Å²) in [6.45, 7) is 4.93. The lowest BCUT2D eigenvalue weighted by Gasteiger charge is -2.39. The molecule has 1 aliphatic carbocycles. The number of hydrogen-bond acceptors (Lipinski definition) is 7. The monoisotopic (exact) mass is 447 g/mol. The summed E-state index contributed by atoms with van der Waals surface area (Å²) in [6, 6.07) is 13.0. The molecule has 2 fully saturated rings. The van der Waals surface area contributed by atoms with Crippen LogP contribution < -0.4 is 4.74 Å². The van der Waals surface area contributed by atoms with Crippen molar-refractivity contribution in [3.63, 3.8) is 0 Å². The highest BCUT2D eigenvalue weighted by Crippen LogP contribution is 2.34. The maximum atomic E-state index is 5.40. The summed E-state index contributed by atoms with van der Waals surface area (Å²) in [7, 11) is 1.71. The molecule has 33 heavy (non-hydrogen) atoms. The molecule has 0 bridgehead atoms. The zero-order valence-electron chi connectivity index (χ0n) is 19.4. The molecule has 174 valence electrons. The summed E-state index contributed by atoms with van der Waals surface area (Å²) < 4.78 is 7.53. The minimum absolute atomic E-state index is 0.0379.